The Bertz CT molecular complexity index is 1780. The summed E-state index contributed by atoms with van der Waals surface area (Å²) in [6, 6.07) is 26.7. The molecule has 1 aliphatic heterocycles. The Morgan fingerprint density at radius 1 is 0.900 bits per heavy atom. The Balaban J connectivity index is 1.33. The van der Waals surface area contributed by atoms with E-state index in [2.05, 4.69) is 0 Å². The summed E-state index contributed by atoms with van der Waals surface area (Å²) in [4.78, 5) is 26.6. The zero-order valence-corrected chi connectivity index (χ0v) is 21.8. The zero-order valence-electron chi connectivity index (χ0n) is 21.8. The zero-order chi connectivity index (χ0) is 27.6. The van der Waals surface area contributed by atoms with Crippen molar-refractivity contribution in [1.82, 2.24) is 0 Å². The van der Waals surface area contributed by atoms with Gasteiger partial charge in [-0.15, -0.1) is 0 Å². The highest BCUT2D eigenvalue weighted by molar-refractivity contribution is 6.15. The molecule has 0 fully saturated rings. The van der Waals surface area contributed by atoms with Gasteiger partial charge in [0.2, 0.25) is 5.78 Å². The standard InChI is InChI=1S/C33H24O7/c1-3-37-22-14-16-27-25(18-22)30(32(40-27)20-9-5-4-6-10-20)33(35)38-23-13-15-24-28(19-23)39-29(31(24)34)17-21-11-7-8-12-26(21)36-2/h4-19H,3H2,1-2H3/b29-17-. The first-order valence-corrected chi connectivity index (χ1v) is 12.7. The fraction of sp³-hybridized carbons (Fsp3) is 0.0909. The van der Waals surface area contributed by atoms with E-state index in [-0.39, 0.29) is 22.9 Å². The van der Waals surface area contributed by atoms with Gasteiger partial charge in [-0.2, -0.15) is 0 Å². The number of rotatable bonds is 7. The number of allylic oxidation sites excluding steroid dienone is 1. The second-order valence-corrected chi connectivity index (χ2v) is 8.99. The first-order chi connectivity index (χ1) is 19.6. The molecule has 40 heavy (non-hydrogen) atoms. The number of fused-ring (bicyclic) bond motifs is 2. The minimum atomic E-state index is -0.611. The molecule has 5 aromatic rings. The van der Waals surface area contributed by atoms with E-state index in [1.807, 2.05) is 55.5 Å². The number of ketones is 1. The summed E-state index contributed by atoms with van der Waals surface area (Å²) in [7, 11) is 1.56. The lowest BCUT2D eigenvalue weighted by Gasteiger charge is -2.07. The van der Waals surface area contributed by atoms with Crippen LogP contribution in [-0.4, -0.2) is 25.5 Å². The summed E-state index contributed by atoms with van der Waals surface area (Å²) in [5.41, 5.74) is 2.62. The molecule has 0 radical (unpaired) electrons. The summed E-state index contributed by atoms with van der Waals surface area (Å²) >= 11 is 0. The van der Waals surface area contributed by atoms with Crippen molar-refractivity contribution in [3.63, 3.8) is 0 Å². The molecule has 0 N–H and O–H groups in total. The lowest BCUT2D eigenvalue weighted by Crippen LogP contribution is -2.09. The molecular weight excluding hydrogens is 508 g/mol. The van der Waals surface area contributed by atoms with E-state index in [1.54, 1.807) is 49.6 Å². The van der Waals surface area contributed by atoms with Crippen molar-refractivity contribution >= 4 is 28.8 Å². The molecule has 0 saturated heterocycles. The van der Waals surface area contributed by atoms with Crippen LogP contribution < -0.4 is 18.9 Å². The van der Waals surface area contributed by atoms with Crippen molar-refractivity contribution in [2.75, 3.05) is 13.7 Å². The molecular formula is C33H24O7. The Hall–Kier alpha value is -5.30. The molecule has 0 aliphatic carbocycles. The topological polar surface area (TPSA) is 84.2 Å². The van der Waals surface area contributed by atoms with Gasteiger partial charge >= 0.3 is 5.97 Å². The largest absolute Gasteiger partial charge is 0.496 e. The number of hydrogen-bond donors (Lipinski definition) is 0. The first-order valence-electron chi connectivity index (χ1n) is 12.7. The Morgan fingerprint density at radius 2 is 1.68 bits per heavy atom. The SMILES string of the molecule is CCOc1ccc2oc(-c3ccccc3)c(C(=O)Oc3ccc4c(c3)O/C(=C\c3ccccc3OC)C4=O)c2c1. The third kappa shape index (κ3) is 4.58. The quantitative estimate of drug-likeness (QED) is 0.123. The van der Waals surface area contributed by atoms with E-state index in [0.717, 1.165) is 5.56 Å². The van der Waals surface area contributed by atoms with Crippen LogP contribution in [0.2, 0.25) is 0 Å². The van der Waals surface area contributed by atoms with E-state index in [1.165, 1.54) is 6.07 Å². The number of carbonyl (C=O) groups is 2. The number of hydrogen-bond acceptors (Lipinski definition) is 7. The monoisotopic (exact) mass is 532 g/mol. The minimum Gasteiger partial charge on any atom is -0.496 e. The van der Waals surface area contributed by atoms with Crippen molar-refractivity contribution in [2.45, 2.75) is 6.92 Å². The Kier molecular flexibility index (Phi) is 6.54. The summed E-state index contributed by atoms with van der Waals surface area (Å²) < 4.78 is 28.8. The van der Waals surface area contributed by atoms with Gasteiger partial charge in [-0.3, -0.25) is 4.79 Å². The van der Waals surface area contributed by atoms with Crippen LogP contribution in [-0.2, 0) is 0 Å². The molecule has 2 heterocycles. The van der Waals surface area contributed by atoms with Gasteiger partial charge in [0.25, 0.3) is 0 Å². The van der Waals surface area contributed by atoms with E-state index in [4.69, 9.17) is 23.4 Å². The second-order valence-electron chi connectivity index (χ2n) is 8.99. The molecule has 0 bridgehead atoms. The fourth-order valence-electron chi connectivity index (χ4n) is 4.64. The molecule has 1 aromatic heterocycles. The number of furan rings is 1. The van der Waals surface area contributed by atoms with E-state index >= 15 is 0 Å². The molecule has 6 rings (SSSR count). The van der Waals surface area contributed by atoms with Gasteiger partial charge in [0.05, 0.1) is 19.3 Å². The second kappa shape index (κ2) is 10.5. The molecule has 4 aromatic carbocycles. The van der Waals surface area contributed by atoms with E-state index in [9.17, 15) is 9.59 Å². The maximum Gasteiger partial charge on any atom is 0.348 e. The van der Waals surface area contributed by atoms with Crippen LogP contribution in [0.3, 0.4) is 0 Å². The van der Waals surface area contributed by atoms with Gasteiger partial charge < -0.3 is 23.4 Å². The first kappa shape index (κ1) is 25.0. The van der Waals surface area contributed by atoms with Crippen molar-refractivity contribution in [1.29, 1.82) is 0 Å². The van der Waals surface area contributed by atoms with Gasteiger partial charge in [-0.25, -0.2) is 4.79 Å². The van der Waals surface area contributed by atoms with E-state index < -0.39 is 5.97 Å². The van der Waals surface area contributed by atoms with Gasteiger partial charge in [0.1, 0.15) is 39.9 Å². The fourth-order valence-corrected chi connectivity index (χ4v) is 4.64. The molecule has 0 atom stereocenters. The highest BCUT2D eigenvalue weighted by atomic mass is 16.5. The number of ether oxygens (including phenoxy) is 4. The molecule has 0 saturated carbocycles. The van der Waals surface area contributed by atoms with Crippen LogP contribution in [0.5, 0.6) is 23.0 Å². The minimum absolute atomic E-state index is 0.152. The van der Waals surface area contributed by atoms with Gasteiger partial charge in [0.15, 0.2) is 5.76 Å². The number of Topliss-reactive ketones (excluding diaryl/α,β-unsaturated/α-hetero) is 1. The highest BCUT2D eigenvalue weighted by Gasteiger charge is 2.29. The van der Waals surface area contributed by atoms with Crippen molar-refractivity contribution in [3.8, 4) is 34.3 Å². The Labute approximate surface area is 230 Å². The molecule has 1 aliphatic rings. The van der Waals surface area contributed by atoms with Crippen LogP contribution in [0.4, 0.5) is 0 Å². The van der Waals surface area contributed by atoms with Crippen LogP contribution in [0.15, 0.2) is 101 Å². The lowest BCUT2D eigenvalue weighted by molar-refractivity contribution is 0.0736. The average molecular weight is 533 g/mol. The molecule has 0 unspecified atom stereocenters. The van der Waals surface area contributed by atoms with Gasteiger partial charge in [-0.1, -0.05) is 48.5 Å². The van der Waals surface area contributed by atoms with Gasteiger partial charge in [0, 0.05) is 22.6 Å². The normalized spacial score (nSPS) is 13.2. The van der Waals surface area contributed by atoms with Crippen molar-refractivity contribution in [3.05, 3.63) is 113 Å². The lowest BCUT2D eigenvalue weighted by atomic mass is 10.1. The summed E-state index contributed by atoms with van der Waals surface area (Å²) in [6.45, 7) is 2.37. The summed E-state index contributed by atoms with van der Waals surface area (Å²) in [5, 5.41) is 0.574. The predicted octanol–water partition coefficient (Wildman–Crippen LogP) is 7.34. The number of esters is 1. The van der Waals surface area contributed by atoms with Gasteiger partial charge in [-0.05, 0) is 49.4 Å². The molecule has 7 heteroatoms. The van der Waals surface area contributed by atoms with Crippen molar-refractivity contribution < 1.29 is 33.0 Å². The molecule has 0 amide bonds. The number of methoxy groups -OCH3 is 1. The summed E-state index contributed by atoms with van der Waals surface area (Å²) in [6.07, 6.45) is 1.63. The van der Waals surface area contributed by atoms with Crippen molar-refractivity contribution in [2.24, 2.45) is 0 Å². The molecule has 198 valence electrons. The Morgan fingerprint density at radius 3 is 2.48 bits per heavy atom. The third-order valence-electron chi connectivity index (χ3n) is 6.49. The van der Waals surface area contributed by atoms with Crippen LogP contribution >= 0.6 is 0 Å². The highest BCUT2D eigenvalue weighted by Crippen LogP contribution is 2.38. The number of carbonyl (C=O) groups excluding carboxylic acids is 2. The van der Waals surface area contributed by atoms with Crippen LogP contribution in [0.25, 0.3) is 28.4 Å². The van der Waals surface area contributed by atoms with E-state index in [0.29, 0.717) is 51.7 Å². The molecule has 7 nitrogen and oxygen atoms in total. The summed E-state index contributed by atoms with van der Waals surface area (Å²) in [5.74, 6) is 1.42. The molecule has 0 spiro atoms. The average Bonchev–Trinajstić information content (AvgIpc) is 3.51. The number of para-hydroxylation sites is 1. The van der Waals surface area contributed by atoms with Crippen LogP contribution in [0, 0.1) is 0 Å². The maximum absolute atomic E-state index is 13.6. The third-order valence-corrected chi connectivity index (χ3v) is 6.49. The van der Waals surface area contributed by atoms with Crippen LogP contribution in [0.1, 0.15) is 33.2 Å². The maximum atomic E-state index is 13.6. The predicted molar refractivity (Wildman–Crippen MR) is 150 cm³/mol. The number of benzene rings is 4. The smallest absolute Gasteiger partial charge is 0.348 e.